The van der Waals surface area contributed by atoms with Crippen LogP contribution < -0.4 is 0 Å². The normalized spacial score (nSPS) is 15.2. The summed E-state index contributed by atoms with van der Waals surface area (Å²) in [5, 5.41) is 0. The Bertz CT molecular complexity index is 299. The number of ether oxygens (including phenoxy) is 2. The zero-order chi connectivity index (χ0) is 17.6. The summed E-state index contributed by atoms with van der Waals surface area (Å²) in [7, 11) is 0.755. The van der Waals surface area contributed by atoms with Crippen LogP contribution in [0, 0.1) is 0 Å². The van der Waals surface area contributed by atoms with Gasteiger partial charge >= 0.3 is 8.56 Å². The van der Waals surface area contributed by atoms with E-state index in [1.54, 1.807) is 26.7 Å². The maximum absolute atomic E-state index is 6.03. The Hall–Kier alpha value is -0.783. The van der Waals surface area contributed by atoms with E-state index in [9.17, 15) is 0 Å². The Morgan fingerprint density at radius 2 is 1.13 bits per heavy atom. The number of rotatable bonds is 14. The summed E-state index contributed by atoms with van der Waals surface area (Å²) in [6, 6.07) is 0. The minimum absolute atomic E-state index is 0.0862. The van der Waals surface area contributed by atoms with Gasteiger partial charge in [0.05, 0.1) is 12.5 Å². The zero-order valence-corrected chi connectivity index (χ0v) is 16.8. The standard InChI is InChI=1S/C18H36O4Si/c1-7-11-15-21-17(13-9-3)23(19-5,20-6)18(14-10-4)22-16-12-8-2/h11-12,15-18H,7-10,13-14H2,1-6H3. The van der Waals surface area contributed by atoms with Crippen LogP contribution in [-0.2, 0) is 18.3 Å². The summed E-state index contributed by atoms with van der Waals surface area (Å²) in [6.45, 7) is 8.48. The molecular weight excluding hydrogens is 308 g/mol. The molecule has 0 aromatic carbocycles. The van der Waals surface area contributed by atoms with E-state index in [1.165, 1.54) is 0 Å². The van der Waals surface area contributed by atoms with Crippen LogP contribution in [0.4, 0.5) is 0 Å². The maximum Gasteiger partial charge on any atom is 0.421 e. The van der Waals surface area contributed by atoms with Crippen molar-refractivity contribution >= 4 is 8.56 Å². The zero-order valence-electron chi connectivity index (χ0n) is 15.8. The highest BCUT2D eigenvalue weighted by Gasteiger charge is 2.54. The van der Waals surface area contributed by atoms with Gasteiger partial charge in [-0.15, -0.1) is 0 Å². The van der Waals surface area contributed by atoms with Crippen molar-refractivity contribution in [3.8, 4) is 0 Å². The van der Waals surface area contributed by atoms with Crippen molar-refractivity contribution in [2.75, 3.05) is 14.2 Å². The largest absolute Gasteiger partial charge is 0.496 e. The van der Waals surface area contributed by atoms with Crippen molar-refractivity contribution in [1.29, 1.82) is 0 Å². The molecule has 0 aliphatic heterocycles. The van der Waals surface area contributed by atoms with E-state index >= 15 is 0 Å². The molecule has 0 rings (SSSR count). The van der Waals surface area contributed by atoms with Gasteiger partial charge in [0.25, 0.3) is 0 Å². The van der Waals surface area contributed by atoms with Gasteiger partial charge < -0.3 is 18.3 Å². The highest BCUT2D eigenvalue weighted by molar-refractivity contribution is 6.70. The van der Waals surface area contributed by atoms with Crippen LogP contribution in [0.3, 0.4) is 0 Å². The predicted molar refractivity (Wildman–Crippen MR) is 98.2 cm³/mol. The van der Waals surface area contributed by atoms with Crippen LogP contribution in [0.2, 0.25) is 0 Å². The molecule has 2 unspecified atom stereocenters. The van der Waals surface area contributed by atoms with Gasteiger partial charge in [-0.05, 0) is 25.7 Å². The van der Waals surface area contributed by atoms with Crippen molar-refractivity contribution in [3.63, 3.8) is 0 Å². The molecule has 23 heavy (non-hydrogen) atoms. The van der Waals surface area contributed by atoms with Crippen molar-refractivity contribution < 1.29 is 18.3 Å². The maximum atomic E-state index is 6.03. The van der Waals surface area contributed by atoms with E-state index < -0.39 is 8.56 Å². The van der Waals surface area contributed by atoms with Gasteiger partial charge in [-0.3, -0.25) is 0 Å². The third kappa shape index (κ3) is 7.10. The molecule has 0 aliphatic rings. The third-order valence-corrected chi connectivity index (χ3v) is 7.71. The molecule has 0 fully saturated rings. The molecule has 0 bridgehead atoms. The van der Waals surface area contributed by atoms with E-state index in [0.717, 1.165) is 38.5 Å². The van der Waals surface area contributed by atoms with Crippen LogP contribution in [0.25, 0.3) is 0 Å². The Morgan fingerprint density at radius 3 is 1.39 bits per heavy atom. The Kier molecular flexibility index (Phi) is 13.2. The van der Waals surface area contributed by atoms with E-state index in [4.69, 9.17) is 18.3 Å². The lowest BCUT2D eigenvalue weighted by Crippen LogP contribution is -2.62. The molecule has 0 radical (unpaired) electrons. The van der Waals surface area contributed by atoms with E-state index in [0.29, 0.717) is 0 Å². The topological polar surface area (TPSA) is 36.9 Å². The molecule has 0 saturated heterocycles. The Balaban J connectivity index is 5.44. The van der Waals surface area contributed by atoms with Gasteiger partial charge in [-0.25, -0.2) is 0 Å². The monoisotopic (exact) mass is 344 g/mol. The molecule has 0 N–H and O–H groups in total. The van der Waals surface area contributed by atoms with Gasteiger partial charge in [-0.2, -0.15) is 0 Å². The second-order valence-corrected chi connectivity index (χ2v) is 9.06. The Morgan fingerprint density at radius 1 is 0.739 bits per heavy atom. The number of allylic oxidation sites excluding steroid dienone is 2. The van der Waals surface area contributed by atoms with Gasteiger partial charge in [-0.1, -0.05) is 52.7 Å². The van der Waals surface area contributed by atoms with E-state index in [1.807, 2.05) is 12.2 Å². The second kappa shape index (κ2) is 13.6. The fourth-order valence-corrected chi connectivity index (χ4v) is 6.11. The van der Waals surface area contributed by atoms with Crippen LogP contribution in [0.1, 0.15) is 66.2 Å². The molecule has 4 nitrogen and oxygen atoms in total. The summed E-state index contributed by atoms with van der Waals surface area (Å²) >= 11 is 0. The molecular formula is C18H36O4Si. The van der Waals surface area contributed by atoms with Crippen LogP contribution in [0.5, 0.6) is 0 Å². The average molecular weight is 345 g/mol. The SMILES string of the molecule is CCC=COC(CCC)[Si](OC)(OC)C(CCC)OC=CCC. The summed E-state index contributed by atoms with van der Waals surface area (Å²) in [4.78, 5) is 0. The molecule has 5 heteroatoms. The molecule has 0 aromatic rings. The van der Waals surface area contributed by atoms with Crippen LogP contribution >= 0.6 is 0 Å². The van der Waals surface area contributed by atoms with Gasteiger partial charge in [0.2, 0.25) is 0 Å². The summed E-state index contributed by atoms with van der Waals surface area (Å²) in [5.74, 6) is 0. The fraction of sp³-hybridized carbons (Fsp3) is 0.778. The minimum Gasteiger partial charge on any atom is -0.496 e. The first-order chi connectivity index (χ1) is 11.2. The molecule has 2 atom stereocenters. The highest BCUT2D eigenvalue weighted by atomic mass is 28.4. The molecule has 0 spiro atoms. The van der Waals surface area contributed by atoms with Crippen LogP contribution in [0.15, 0.2) is 24.7 Å². The summed E-state index contributed by atoms with van der Waals surface area (Å²) in [6.07, 6.45) is 13.3. The average Bonchev–Trinajstić information content (AvgIpc) is 2.56. The minimum atomic E-state index is -2.69. The van der Waals surface area contributed by atoms with Gasteiger partial charge in [0.15, 0.2) is 0 Å². The second-order valence-electron chi connectivity index (χ2n) is 5.52. The lowest BCUT2D eigenvalue weighted by molar-refractivity contribution is 0.0630. The highest BCUT2D eigenvalue weighted by Crippen LogP contribution is 2.28. The van der Waals surface area contributed by atoms with Crippen LogP contribution in [-0.4, -0.2) is 34.2 Å². The molecule has 0 heterocycles. The Labute approximate surface area is 144 Å². The first kappa shape index (κ1) is 22.2. The molecule has 0 aromatic heterocycles. The van der Waals surface area contributed by atoms with Crippen molar-refractivity contribution in [2.45, 2.75) is 77.7 Å². The van der Waals surface area contributed by atoms with Gasteiger partial charge in [0.1, 0.15) is 11.5 Å². The molecule has 0 amide bonds. The van der Waals surface area contributed by atoms with Crippen molar-refractivity contribution in [3.05, 3.63) is 24.7 Å². The molecule has 0 saturated carbocycles. The lowest BCUT2D eigenvalue weighted by atomic mass is 10.3. The first-order valence-corrected chi connectivity index (χ1v) is 10.8. The smallest absolute Gasteiger partial charge is 0.421 e. The first-order valence-electron chi connectivity index (χ1n) is 8.87. The number of hydrogen-bond donors (Lipinski definition) is 0. The van der Waals surface area contributed by atoms with Crippen molar-refractivity contribution in [2.24, 2.45) is 0 Å². The van der Waals surface area contributed by atoms with Crippen molar-refractivity contribution in [1.82, 2.24) is 0 Å². The predicted octanol–water partition coefficient (Wildman–Crippen LogP) is 5.02. The number of hydrogen-bond acceptors (Lipinski definition) is 4. The van der Waals surface area contributed by atoms with E-state index in [2.05, 4.69) is 27.7 Å². The molecule has 136 valence electrons. The summed E-state index contributed by atoms with van der Waals surface area (Å²) < 4.78 is 24.0. The molecule has 0 aliphatic carbocycles. The quantitative estimate of drug-likeness (QED) is 0.327. The van der Waals surface area contributed by atoms with Gasteiger partial charge in [0, 0.05) is 14.2 Å². The summed E-state index contributed by atoms with van der Waals surface area (Å²) in [5.41, 5.74) is -0.172. The van der Waals surface area contributed by atoms with E-state index in [-0.39, 0.29) is 11.5 Å². The lowest BCUT2D eigenvalue weighted by Gasteiger charge is -2.39. The third-order valence-electron chi connectivity index (χ3n) is 3.79. The fourth-order valence-electron chi connectivity index (χ4n) is 2.56.